The number of furan rings is 2. The van der Waals surface area contributed by atoms with Crippen molar-refractivity contribution in [3.05, 3.63) is 140 Å². The van der Waals surface area contributed by atoms with Crippen LogP contribution in [0.25, 0.3) is 66.1 Å². The largest absolute Gasteiger partial charge is 0.455 e. The van der Waals surface area contributed by atoms with Crippen molar-refractivity contribution in [3.8, 4) is 22.3 Å². The fraction of sp³-hybridized carbons (Fsp3) is 0. The predicted octanol–water partition coefficient (Wildman–Crippen LogP) is 10.3. The molecule has 2 aliphatic heterocycles. The second kappa shape index (κ2) is 9.71. The highest BCUT2D eigenvalue weighted by Crippen LogP contribution is 2.46. The topological polar surface area (TPSA) is 26.3 Å². The van der Waals surface area contributed by atoms with Crippen molar-refractivity contribution in [2.75, 3.05) is 0 Å². The van der Waals surface area contributed by atoms with Crippen LogP contribution >= 0.6 is 23.5 Å². The molecule has 2 aliphatic rings. The van der Waals surface area contributed by atoms with Crippen LogP contribution in [0.3, 0.4) is 0 Å². The molecule has 0 aliphatic carbocycles. The third-order valence-corrected chi connectivity index (χ3v) is 12.3. The molecule has 4 heterocycles. The second-order valence-electron chi connectivity index (χ2n) is 12.3. The zero-order valence-electron chi connectivity index (χ0n) is 25.0. The molecule has 0 saturated carbocycles. The molecule has 2 nitrogen and oxygen atoms in total. The molecule has 9 aromatic rings. The first-order chi connectivity index (χ1) is 23.3. The molecule has 0 fully saturated rings. The van der Waals surface area contributed by atoms with E-state index in [4.69, 9.17) is 8.83 Å². The summed E-state index contributed by atoms with van der Waals surface area (Å²) in [7, 11) is 0. The Balaban J connectivity index is 1.15. The van der Waals surface area contributed by atoms with Crippen LogP contribution in [-0.2, 0) is 0 Å². The number of rotatable bonds is 2. The molecule has 0 amide bonds. The standard InChI is InChI=1S/C42H23BO2S2/c1-3-20-34-24(10-1)26-12-5-14-28(39(26)44-34)30-16-7-18-32-41(30)46-36-22-9-23-37-38(36)43(32)33-19-8-17-31(42(33)47-37)29-15-6-13-27-25-11-2-4-21-35(25)45-40(27)29/h1-23H. The summed E-state index contributed by atoms with van der Waals surface area (Å²) < 4.78 is 13.1. The van der Waals surface area contributed by atoms with Gasteiger partial charge in [0.15, 0.2) is 0 Å². The van der Waals surface area contributed by atoms with Crippen molar-refractivity contribution >= 4 is 90.5 Å². The Morgan fingerprint density at radius 2 is 0.809 bits per heavy atom. The number of hydrogen-bond donors (Lipinski definition) is 0. The molecule has 0 saturated heterocycles. The van der Waals surface area contributed by atoms with E-state index < -0.39 is 0 Å². The molecule has 0 spiro atoms. The lowest BCUT2D eigenvalue weighted by Crippen LogP contribution is -2.58. The minimum Gasteiger partial charge on any atom is -0.455 e. The summed E-state index contributed by atoms with van der Waals surface area (Å²) in [5, 5.41) is 4.62. The number of fused-ring (bicyclic) bond motifs is 10. The zero-order valence-corrected chi connectivity index (χ0v) is 26.6. The molecule has 11 rings (SSSR count). The van der Waals surface area contributed by atoms with Gasteiger partial charge in [-0.3, -0.25) is 0 Å². The highest BCUT2D eigenvalue weighted by Gasteiger charge is 2.39. The van der Waals surface area contributed by atoms with Gasteiger partial charge in [0.2, 0.25) is 6.71 Å². The van der Waals surface area contributed by atoms with E-state index in [1.807, 2.05) is 35.7 Å². The van der Waals surface area contributed by atoms with Gasteiger partial charge >= 0.3 is 0 Å². The van der Waals surface area contributed by atoms with Crippen LogP contribution in [-0.4, -0.2) is 6.71 Å². The average molecular weight is 635 g/mol. The van der Waals surface area contributed by atoms with Crippen LogP contribution in [0.15, 0.2) is 168 Å². The molecule has 0 atom stereocenters. The number of para-hydroxylation sites is 4. The minimum atomic E-state index is 0.123. The molecule has 2 aromatic heterocycles. The van der Waals surface area contributed by atoms with E-state index in [1.165, 1.54) is 47.1 Å². The lowest BCUT2D eigenvalue weighted by molar-refractivity contribution is 0.669. The Labute approximate surface area is 279 Å². The molecular formula is C42H23BO2S2. The smallest absolute Gasteiger partial charge is 0.247 e. The maximum Gasteiger partial charge on any atom is 0.247 e. The van der Waals surface area contributed by atoms with Crippen LogP contribution in [0.1, 0.15) is 0 Å². The molecule has 0 N–H and O–H groups in total. The highest BCUT2D eigenvalue weighted by atomic mass is 32.2. The Bertz CT molecular complexity index is 2590. The van der Waals surface area contributed by atoms with Gasteiger partial charge in [-0.15, -0.1) is 0 Å². The van der Waals surface area contributed by atoms with Gasteiger partial charge in [0.1, 0.15) is 22.3 Å². The normalized spacial score (nSPS) is 13.3. The van der Waals surface area contributed by atoms with Crippen molar-refractivity contribution in [1.29, 1.82) is 0 Å². The van der Waals surface area contributed by atoms with E-state index in [0.29, 0.717) is 0 Å². The Morgan fingerprint density at radius 3 is 1.34 bits per heavy atom. The van der Waals surface area contributed by atoms with E-state index in [1.54, 1.807) is 0 Å². The molecule has 218 valence electrons. The highest BCUT2D eigenvalue weighted by molar-refractivity contribution is 8.01. The van der Waals surface area contributed by atoms with Gasteiger partial charge in [0.25, 0.3) is 0 Å². The van der Waals surface area contributed by atoms with Gasteiger partial charge in [-0.2, -0.15) is 0 Å². The molecule has 7 aromatic carbocycles. The second-order valence-corrected chi connectivity index (χ2v) is 14.4. The molecule has 0 unspecified atom stereocenters. The fourth-order valence-electron chi connectivity index (χ4n) is 7.82. The summed E-state index contributed by atoms with van der Waals surface area (Å²) in [5.74, 6) is 0. The summed E-state index contributed by atoms with van der Waals surface area (Å²) >= 11 is 3.79. The quantitative estimate of drug-likeness (QED) is 0.177. The van der Waals surface area contributed by atoms with Crippen LogP contribution in [0.5, 0.6) is 0 Å². The van der Waals surface area contributed by atoms with Crippen molar-refractivity contribution in [1.82, 2.24) is 0 Å². The van der Waals surface area contributed by atoms with Gasteiger partial charge in [0, 0.05) is 52.3 Å². The molecule has 47 heavy (non-hydrogen) atoms. The van der Waals surface area contributed by atoms with Crippen molar-refractivity contribution in [2.45, 2.75) is 19.6 Å². The predicted molar refractivity (Wildman–Crippen MR) is 198 cm³/mol. The monoisotopic (exact) mass is 634 g/mol. The van der Waals surface area contributed by atoms with E-state index >= 15 is 0 Å². The zero-order chi connectivity index (χ0) is 30.6. The van der Waals surface area contributed by atoms with Gasteiger partial charge in [0.05, 0.1) is 0 Å². The van der Waals surface area contributed by atoms with Crippen LogP contribution in [0.2, 0.25) is 0 Å². The summed E-state index contributed by atoms with van der Waals surface area (Å²) in [5.41, 5.74) is 12.6. The third-order valence-electron chi connectivity index (χ3n) is 9.84. The van der Waals surface area contributed by atoms with Crippen LogP contribution < -0.4 is 16.4 Å². The lowest BCUT2D eigenvalue weighted by Gasteiger charge is -2.34. The average Bonchev–Trinajstić information content (AvgIpc) is 3.70. The summed E-state index contributed by atoms with van der Waals surface area (Å²) in [6.45, 7) is 0.123. The fourth-order valence-corrected chi connectivity index (χ4v) is 10.5. The van der Waals surface area contributed by atoms with Crippen molar-refractivity contribution < 1.29 is 8.83 Å². The number of hydrogen-bond acceptors (Lipinski definition) is 4. The van der Waals surface area contributed by atoms with Crippen molar-refractivity contribution in [2.24, 2.45) is 0 Å². The summed E-state index contributed by atoms with van der Waals surface area (Å²) in [4.78, 5) is 5.26. The summed E-state index contributed by atoms with van der Waals surface area (Å²) in [6, 6.07) is 50.2. The molecular weight excluding hydrogens is 611 g/mol. The van der Waals surface area contributed by atoms with E-state index in [2.05, 4.69) is 127 Å². The van der Waals surface area contributed by atoms with Gasteiger partial charge in [-0.1, -0.05) is 150 Å². The van der Waals surface area contributed by atoms with Crippen molar-refractivity contribution in [3.63, 3.8) is 0 Å². The first kappa shape index (κ1) is 26.0. The minimum absolute atomic E-state index is 0.123. The Hall–Kier alpha value is -5.10. The van der Waals surface area contributed by atoms with E-state index in [-0.39, 0.29) is 6.71 Å². The Kier molecular flexibility index (Phi) is 5.38. The maximum atomic E-state index is 6.54. The molecule has 0 radical (unpaired) electrons. The molecule has 5 heteroatoms. The summed E-state index contributed by atoms with van der Waals surface area (Å²) in [6.07, 6.45) is 0. The number of benzene rings is 7. The first-order valence-corrected chi connectivity index (χ1v) is 17.5. The Morgan fingerprint density at radius 1 is 0.383 bits per heavy atom. The first-order valence-electron chi connectivity index (χ1n) is 15.9. The molecule has 0 bridgehead atoms. The van der Waals surface area contributed by atoms with Gasteiger partial charge < -0.3 is 8.83 Å². The van der Waals surface area contributed by atoms with Crippen LogP contribution in [0.4, 0.5) is 0 Å². The van der Waals surface area contributed by atoms with E-state index in [9.17, 15) is 0 Å². The maximum absolute atomic E-state index is 6.54. The van der Waals surface area contributed by atoms with Gasteiger partial charge in [-0.25, -0.2) is 0 Å². The van der Waals surface area contributed by atoms with Gasteiger partial charge in [-0.05, 0) is 40.9 Å². The van der Waals surface area contributed by atoms with E-state index in [0.717, 1.165) is 55.0 Å². The SMILES string of the molecule is c1cc2c3c(c1)Sc1c(cccc1-c1cccc4c1oc1ccccc14)B3c1cccc(-c3cccc4c3oc3ccccc34)c1S2. The van der Waals surface area contributed by atoms with Crippen LogP contribution in [0, 0.1) is 0 Å². The lowest BCUT2D eigenvalue weighted by atomic mass is 9.36. The third kappa shape index (κ3) is 3.61.